The molecule has 0 aliphatic heterocycles. The van der Waals surface area contributed by atoms with Crippen LogP contribution in [0.2, 0.25) is 0 Å². The third-order valence-corrected chi connectivity index (χ3v) is 7.24. The van der Waals surface area contributed by atoms with Gasteiger partial charge in [-0.15, -0.1) is 0 Å². The molecular formula is C24H31NO2S. The number of hydrogen-bond donors (Lipinski definition) is 2. The Hall–Kier alpha value is -1.94. The minimum absolute atomic E-state index is 0.0569. The number of benzene rings is 2. The second kappa shape index (κ2) is 7.47. The molecule has 0 amide bonds. The fraction of sp³-hybridized carbons (Fsp3) is 0.458. The molecule has 0 unspecified atom stereocenters. The van der Waals surface area contributed by atoms with Crippen LogP contribution in [-0.2, 0) is 22.0 Å². The van der Waals surface area contributed by atoms with Crippen molar-refractivity contribution in [1.82, 2.24) is 0 Å². The Kier molecular flexibility index (Phi) is 5.55. The molecule has 0 aromatic heterocycles. The molecular weight excluding hydrogens is 366 g/mol. The lowest BCUT2D eigenvalue weighted by atomic mass is 9.62. The Bertz CT molecular complexity index is 898. The molecule has 0 bridgehead atoms. The molecule has 28 heavy (non-hydrogen) atoms. The van der Waals surface area contributed by atoms with Crippen molar-refractivity contribution in [2.45, 2.75) is 76.5 Å². The lowest BCUT2D eigenvalue weighted by Gasteiger charge is -2.43. The highest BCUT2D eigenvalue weighted by molar-refractivity contribution is 8.00. The first-order valence-electron chi connectivity index (χ1n) is 9.90. The molecule has 0 spiro atoms. The minimum atomic E-state index is -0.805. The van der Waals surface area contributed by atoms with E-state index in [1.54, 1.807) is 11.9 Å². The van der Waals surface area contributed by atoms with Crippen LogP contribution in [0.3, 0.4) is 0 Å². The zero-order valence-corrected chi connectivity index (χ0v) is 18.6. The van der Waals surface area contributed by atoms with Gasteiger partial charge in [0.1, 0.15) is 0 Å². The number of carboxylic acids is 1. The number of carbonyl (C=O) groups is 1. The van der Waals surface area contributed by atoms with Crippen LogP contribution in [0.4, 0.5) is 5.69 Å². The third kappa shape index (κ3) is 4.07. The number of hydrogen-bond acceptors (Lipinski definition) is 3. The Morgan fingerprint density at radius 3 is 2.29 bits per heavy atom. The number of rotatable bonds is 5. The predicted molar refractivity (Wildman–Crippen MR) is 118 cm³/mol. The SMILES string of the molecule is Cc1cc2c(c(C)c1SNc1ccc(CC(=O)O)cc1)C(C)(C)CCC2(C)C. The summed E-state index contributed by atoms with van der Waals surface area (Å²) >= 11 is 1.65. The Labute approximate surface area is 173 Å². The maximum Gasteiger partial charge on any atom is 0.307 e. The first-order valence-corrected chi connectivity index (χ1v) is 10.7. The fourth-order valence-electron chi connectivity index (χ4n) is 4.39. The van der Waals surface area contributed by atoms with Crippen molar-refractivity contribution in [1.29, 1.82) is 0 Å². The number of aryl methyl sites for hydroxylation is 1. The van der Waals surface area contributed by atoms with E-state index < -0.39 is 5.97 Å². The average molecular weight is 398 g/mol. The summed E-state index contributed by atoms with van der Waals surface area (Å²) in [6.07, 6.45) is 2.49. The largest absolute Gasteiger partial charge is 0.481 e. The maximum atomic E-state index is 10.8. The standard InChI is InChI=1S/C24H31NO2S/c1-15-13-19-21(24(5,6)12-11-23(19,3)4)16(2)22(15)28-25-18-9-7-17(8-10-18)14-20(26)27/h7-10,13,25H,11-12,14H2,1-6H3,(H,26,27). The second-order valence-electron chi connectivity index (χ2n) is 9.31. The molecule has 2 N–H and O–H groups in total. The summed E-state index contributed by atoms with van der Waals surface area (Å²) in [7, 11) is 0. The van der Waals surface area contributed by atoms with E-state index in [0.29, 0.717) is 0 Å². The zero-order chi connectivity index (χ0) is 20.7. The van der Waals surface area contributed by atoms with E-state index in [2.05, 4.69) is 52.3 Å². The van der Waals surface area contributed by atoms with Crippen molar-refractivity contribution in [2.24, 2.45) is 0 Å². The van der Waals surface area contributed by atoms with Gasteiger partial charge in [-0.1, -0.05) is 45.9 Å². The van der Waals surface area contributed by atoms with Gasteiger partial charge in [-0.05, 0) is 89.4 Å². The van der Waals surface area contributed by atoms with Crippen molar-refractivity contribution in [3.05, 3.63) is 58.1 Å². The van der Waals surface area contributed by atoms with Crippen LogP contribution < -0.4 is 4.72 Å². The van der Waals surface area contributed by atoms with E-state index in [0.717, 1.165) is 11.3 Å². The molecule has 0 radical (unpaired) electrons. The number of nitrogens with one attached hydrogen (secondary N) is 1. The van der Waals surface area contributed by atoms with Gasteiger partial charge in [0, 0.05) is 10.6 Å². The van der Waals surface area contributed by atoms with Crippen LogP contribution in [0.25, 0.3) is 0 Å². The molecule has 3 rings (SSSR count). The molecule has 0 heterocycles. The van der Waals surface area contributed by atoms with Crippen molar-refractivity contribution in [2.75, 3.05) is 4.72 Å². The van der Waals surface area contributed by atoms with Crippen molar-refractivity contribution >= 4 is 23.6 Å². The van der Waals surface area contributed by atoms with Gasteiger partial charge in [0.2, 0.25) is 0 Å². The van der Waals surface area contributed by atoms with Crippen molar-refractivity contribution in [3.8, 4) is 0 Å². The normalized spacial score (nSPS) is 17.1. The van der Waals surface area contributed by atoms with Crippen molar-refractivity contribution in [3.63, 3.8) is 0 Å². The summed E-state index contributed by atoms with van der Waals surface area (Å²) in [6, 6.07) is 10.0. The zero-order valence-electron chi connectivity index (χ0n) is 17.8. The molecule has 1 aliphatic rings. The molecule has 0 atom stereocenters. The smallest absolute Gasteiger partial charge is 0.307 e. The molecule has 0 saturated heterocycles. The van der Waals surface area contributed by atoms with E-state index in [-0.39, 0.29) is 17.3 Å². The Morgan fingerprint density at radius 2 is 1.68 bits per heavy atom. The van der Waals surface area contributed by atoms with Gasteiger partial charge in [-0.25, -0.2) is 0 Å². The van der Waals surface area contributed by atoms with Gasteiger partial charge >= 0.3 is 5.97 Å². The lowest BCUT2D eigenvalue weighted by molar-refractivity contribution is -0.136. The van der Waals surface area contributed by atoms with Crippen LogP contribution in [0, 0.1) is 13.8 Å². The maximum absolute atomic E-state index is 10.8. The van der Waals surface area contributed by atoms with Crippen molar-refractivity contribution < 1.29 is 9.90 Å². The van der Waals surface area contributed by atoms with Gasteiger partial charge in [-0.3, -0.25) is 4.79 Å². The highest BCUT2D eigenvalue weighted by Crippen LogP contribution is 2.49. The van der Waals surface area contributed by atoms with Gasteiger partial charge in [0.05, 0.1) is 6.42 Å². The molecule has 1 aliphatic carbocycles. The summed E-state index contributed by atoms with van der Waals surface area (Å²) in [6.45, 7) is 13.9. The lowest BCUT2D eigenvalue weighted by Crippen LogP contribution is -2.35. The molecule has 4 heteroatoms. The summed E-state index contributed by atoms with van der Waals surface area (Å²) in [5.74, 6) is -0.805. The van der Waals surface area contributed by atoms with E-state index >= 15 is 0 Å². The summed E-state index contributed by atoms with van der Waals surface area (Å²) in [5, 5.41) is 8.91. The van der Waals surface area contributed by atoms with Gasteiger partial charge in [-0.2, -0.15) is 0 Å². The molecule has 3 nitrogen and oxygen atoms in total. The number of carboxylic acid groups (broad SMARTS) is 1. The number of aliphatic carboxylic acids is 1. The summed E-state index contributed by atoms with van der Waals surface area (Å²) in [4.78, 5) is 12.1. The average Bonchev–Trinajstić information content (AvgIpc) is 2.59. The number of fused-ring (bicyclic) bond motifs is 1. The minimum Gasteiger partial charge on any atom is -0.481 e. The van der Waals surface area contributed by atoms with Crippen LogP contribution in [-0.4, -0.2) is 11.1 Å². The highest BCUT2D eigenvalue weighted by Gasteiger charge is 2.39. The van der Waals surface area contributed by atoms with E-state index in [4.69, 9.17) is 5.11 Å². The predicted octanol–water partition coefficient (Wildman–Crippen LogP) is 6.40. The van der Waals surface area contributed by atoms with Gasteiger partial charge in [0.25, 0.3) is 0 Å². The van der Waals surface area contributed by atoms with Crippen LogP contribution >= 0.6 is 11.9 Å². The van der Waals surface area contributed by atoms with E-state index in [1.165, 1.54) is 40.0 Å². The third-order valence-electron chi connectivity index (χ3n) is 6.07. The first kappa shape index (κ1) is 20.8. The quantitative estimate of drug-likeness (QED) is 0.573. The topological polar surface area (TPSA) is 49.3 Å². The fourth-order valence-corrected chi connectivity index (χ4v) is 5.22. The van der Waals surface area contributed by atoms with E-state index in [9.17, 15) is 4.79 Å². The van der Waals surface area contributed by atoms with Gasteiger partial charge in [0.15, 0.2) is 0 Å². The number of anilines is 1. The molecule has 2 aromatic carbocycles. The van der Waals surface area contributed by atoms with Crippen LogP contribution in [0.5, 0.6) is 0 Å². The summed E-state index contributed by atoms with van der Waals surface area (Å²) < 4.78 is 3.45. The molecule has 2 aromatic rings. The van der Waals surface area contributed by atoms with E-state index in [1.807, 2.05) is 24.3 Å². The monoisotopic (exact) mass is 397 g/mol. The molecule has 150 valence electrons. The molecule has 0 fully saturated rings. The van der Waals surface area contributed by atoms with Crippen LogP contribution in [0.15, 0.2) is 35.2 Å². The Morgan fingerprint density at radius 1 is 1.07 bits per heavy atom. The van der Waals surface area contributed by atoms with Gasteiger partial charge < -0.3 is 9.83 Å². The molecule has 0 saturated carbocycles. The first-order chi connectivity index (χ1) is 13.0. The second-order valence-corrected chi connectivity index (χ2v) is 10.1. The summed E-state index contributed by atoms with van der Waals surface area (Å²) in [5.41, 5.74) is 7.91. The Balaban J connectivity index is 1.88. The highest BCUT2D eigenvalue weighted by atomic mass is 32.2. The van der Waals surface area contributed by atoms with Crippen LogP contribution in [0.1, 0.15) is 68.4 Å².